The molecule has 1 aromatic rings. The maximum absolute atomic E-state index is 11.3. The Morgan fingerprint density at radius 2 is 2.11 bits per heavy atom. The lowest BCUT2D eigenvalue weighted by atomic mass is 9.97. The molecule has 1 fully saturated rings. The molecule has 1 atom stereocenters. The molecule has 1 aliphatic heterocycles. The fourth-order valence-electron chi connectivity index (χ4n) is 2.32. The van der Waals surface area contributed by atoms with Gasteiger partial charge in [-0.3, -0.25) is 9.69 Å². The average Bonchev–Trinajstić information content (AvgIpc) is 2.32. The van der Waals surface area contributed by atoms with Crippen LogP contribution in [-0.4, -0.2) is 40.8 Å². The fourth-order valence-corrected chi connectivity index (χ4v) is 2.32. The molecule has 0 spiro atoms. The van der Waals surface area contributed by atoms with E-state index in [1.807, 2.05) is 49.1 Å². The van der Waals surface area contributed by atoms with Crippen LogP contribution < -0.4 is 0 Å². The highest BCUT2D eigenvalue weighted by Gasteiger charge is 2.40. The molecule has 0 amide bonds. The van der Waals surface area contributed by atoms with Crippen molar-refractivity contribution in [3.63, 3.8) is 0 Å². The molecule has 1 aliphatic rings. The summed E-state index contributed by atoms with van der Waals surface area (Å²) in [4.78, 5) is 13.3. The van der Waals surface area contributed by atoms with Crippen molar-refractivity contribution in [1.82, 2.24) is 4.90 Å². The second kappa shape index (κ2) is 5.08. The van der Waals surface area contributed by atoms with Gasteiger partial charge in [0.2, 0.25) is 0 Å². The van der Waals surface area contributed by atoms with Crippen molar-refractivity contribution in [3.8, 4) is 0 Å². The Labute approximate surface area is 107 Å². The van der Waals surface area contributed by atoms with E-state index in [4.69, 9.17) is 4.74 Å². The first kappa shape index (κ1) is 13.1. The molecule has 1 aromatic carbocycles. The Bertz CT molecular complexity index is 416. The SMILES string of the molecule is CC1(C)COCC(C(=O)O)N1Cc1ccccc1. The predicted molar refractivity (Wildman–Crippen MR) is 68.3 cm³/mol. The fraction of sp³-hybridized carbons (Fsp3) is 0.500. The number of benzene rings is 1. The maximum Gasteiger partial charge on any atom is 0.323 e. The van der Waals surface area contributed by atoms with Gasteiger partial charge in [-0.15, -0.1) is 0 Å². The molecule has 0 aromatic heterocycles. The average molecular weight is 249 g/mol. The van der Waals surface area contributed by atoms with Crippen molar-refractivity contribution in [1.29, 1.82) is 0 Å². The molecule has 1 saturated heterocycles. The molecule has 0 aliphatic carbocycles. The van der Waals surface area contributed by atoms with E-state index in [9.17, 15) is 9.90 Å². The monoisotopic (exact) mass is 249 g/mol. The van der Waals surface area contributed by atoms with Gasteiger partial charge >= 0.3 is 5.97 Å². The van der Waals surface area contributed by atoms with Crippen molar-refractivity contribution in [2.24, 2.45) is 0 Å². The Hall–Kier alpha value is -1.39. The quantitative estimate of drug-likeness (QED) is 0.886. The third-order valence-electron chi connectivity index (χ3n) is 3.37. The Kier molecular flexibility index (Phi) is 3.68. The van der Waals surface area contributed by atoms with Crippen LogP contribution in [0, 0.1) is 0 Å². The summed E-state index contributed by atoms with van der Waals surface area (Å²) in [6, 6.07) is 9.36. The number of nitrogens with zero attached hydrogens (tertiary/aromatic N) is 1. The highest BCUT2D eigenvalue weighted by molar-refractivity contribution is 5.74. The van der Waals surface area contributed by atoms with Crippen LogP contribution in [0.25, 0.3) is 0 Å². The van der Waals surface area contributed by atoms with Crippen LogP contribution in [0.4, 0.5) is 0 Å². The maximum atomic E-state index is 11.3. The second-order valence-electron chi connectivity index (χ2n) is 5.30. The van der Waals surface area contributed by atoms with E-state index in [-0.39, 0.29) is 12.1 Å². The molecule has 0 bridgehead atoms. The first-order valence-corrected chi connectivity index (χ1v) is 6.12. The van der Waals surface area contributed by atoms with Gasteiger partial charge in [0.15, 0.2) is 0 Å². The van der Waals surface area contributed by atoms with Crippen LogP contribution in [0.15, 0.2) is 30.3 Å². The summed E-state index contributed by atoms with van der Waals surface area (Å²) in [5.74, 6) is -0.821. The topological polar surface area (TPSA) is 49.8 Å². The van der Waals surface area contributed by atoms with E-state index in [2.05, 4.69) is 0 Å². The van der Waals surface area contributed by atoms with Crippen LogP contribution in [-0.2, 0) is 16.1 Å². The molecule has 1 heterocycles. The third kappa shape index (κ3) is 2.71. The lowest BCUT2D eigenvalue weighted by molar-refractivity contribution is -0.160. The van der Waals surface area contributed by atoms with E-state index in [1.54, 1.807) is 0 Å². The molecular formula is C14H19NO3. The van der Waals surface area contributed by atoms with Crippen molar-refractivity contribution >= 4 is 5.97 Å². The molecule has 4 nitrogen and oxygen atoms in total. The molecule has 18 heavy (non-hydrogen) atoms. The van der Waals surface area contributed by atoms with Gasteiger partial charge in [0.1, 0.15) is 6.04 Å². The lowest BCUT2D eigenvalue weighted by Crippen LogP contribution is -2.60. The summed E-state index contributed by atoms with van der Waals surface area (Å²) in [6.07, 6.45) is 0. The Morgan fingerprint density at radius 1 is 1.44 bits per heavy atom. The number of hydrogen-bond acceptors (Lipinski definition) is 3. The smallest absolute Gasteiger partial charge is 0.323 e. The molecule has 4 heteroatoms. The lowest BCUT2D eigenvalue weighted by Gasteiger charge is -2.45. The van der Waals surface area contributed by atoms with Gasteiger partial charge in [0, 0.05) is 12.1 Å². The molecule has 98 valence electrons. The zero-order valence-electron chi connectivity index (χ0n) is 10.8. The van der Waals surface area contributed by atoms with Gasteiger partial charge in [-0.25, -0.2) is 0 Å². The summed E-state index contributed by atoms with van der Waals surface area (Å²) in [5, 5.41) is 9.30. The summed E-state index contributed by atoms with van der Waals surface area (Å²) in [5.41, 5.74) is 0.857. The molecule has 0 saturated carbocycles. The van der Waals surface area contributed by atoms with Crippen LogP contribution in [0.2, 0.25) is 0 Å². The third-order valence-corrected chi connectivity index (χ3v) is 3.37. The van der Waals surface area contributed by atoms with Gasteiger partial charge in [-0.05, 0) is 19.4 Å². The number of hydrogen-bond donors (Lipinski definition) is 1. The van der Waals surface area contributed by atoms with E-state index < -0.39 is 12.0 Å². The summed E-state index contributed by atoms with van der Waals surface area (Å²) < 4.78 is 5.40. The number of carboxylic acids is 1. The zero-order valence-corrected chi connectivity index (χ0v) is 10.8. The standard InChI is InChI=1S/C14H19NO3/c1-14(2)10-18-9-12(13(16)17)15(14)8-11-6-4-3-5-7-11/h3-7,12H,8-10H2,1-2H3,(H,16,17). The largest absolute Gasteiger partial charge is 0.480 e. The van der Waals surface area contributed by atoms with Gasteiger partial charge < -0.3 is 9.84 Å². The van der Waals surface area contributed by atoms with Crippen molar-refractivity contribution in [2.75, 3.05) is 13.2 Å². The van der Waals surface area contributed by atoms with Crippen LogP contribution in [0.5, 0.6) is 0 Å². The first-order chi connectivity index (χ1) is 8.50. The summed E-state index contributed by atoms with van der Waals surface area (Å²) >= 11 is 0. The predicted octanol–water partition coefficient (Wildman–Crippen LogP) is 1.75. The number of rotatable bonds is 3. The van der Waals surface area contributed by atoms with Crippen LogP contribution in [0.3, 0.4) is 0 Å². The molecule has 1 N–H and O–H groups in total. The van der Waals surface area contributed by atoms with E-state index in [0.717, 1.165) is 5.56 Å². The molecule has 0 radical (unpaired) electrons. The number of carboxylic acid groups (broad SMARTS) is 1. The minimum atomic E-state index is -0.821. The minimum absolute atomic E-state index is 0.256. The number of aliphatic carboxylic acids is 1. The Balaban J connectivity index is 2.21. The zero-order chi connectivity index (χ0) is 13.2. The van der Waals surface area contributed by atoms with Gasteiger partial charge in [0.05, 0.1) is 13.2 Å². The van der Waals surface area contributed by atoms with Crippen molar-refractivity contribution in [3.05, 3.63) is 35.9 Å². The normalized spacial score (nSPS) is 23.8. The molecular weight excluding hydrogens is 230 g/mol. The van der Waals surface area contributed by atoms with Crippen molar-refractivity contribution < 1.29 is 14.6 Å². The minimum Gasteiger partial charge on any atom is -0.480 e. The van der Waals surface area contributed by atoms with Gasteiger partial charge in [-0.2, -0.15) is 0 Å². The number of morpholine rings is 1. The van der Waals surface area contributed by atoms with Crippen LogP contribution >= 0.6 is 0 Å². The molecule has 1 unspecified atom stereocenters. The van der Waals surface area contributed by atoms with Crippen molar-refractivity contribution in [2.45, 2.75) is 32.0 Å². The van der Waals surface area contributed by atoms with Gasteiger partial charge in [0.25, 0.3) is 0 Å². The molecule has 2 rings (SSSR count). The number of ether oxygens (including phenoxy) is 1. The second-order valence-corrected chi connectivity index (χ2v) is 5.30. The first-order valence-electron chi connectivity index (χ1n) is 6.12. The Morgan fingerprint density at radius 3 is 2.72 bits per heavy atom. The summed E-state index contributed by atoms with van der Waals surface area (Å²) in [7, 11) is 0. The number of carbonyl (C=O) groups is 1. The highest BCUT2D eigenvalue weighted by atomic mass is 16.5. The summed E-state index contributed by atoms with van der Waals surface area (Å²) in [6.45, 7) is 5.49. The van der Waals surface area contributed by atoms with E-state index in [1.165, 1.54) is 0 Å². The van der Waals surface area contributed by atoms with Crippen LogP contribution in [0.1, 0.15) is 19.4 Å². The van der Waals surface area contributed by atoms with Gasteiger partial charge in [-0.1, -0.05) is 30.3 Å². The highest BCUT2D eigenvalue weighted by Crippen LogP contribution is 2.26. The van der Waals surface area contributed by atoms with E-state index in [0.29, 0.717) is 13.2 Å². The van der Waals surface area contributed by atoms with E-state index >= 15 is 0 Å².